The highest BCUT2D eigenvalue weighted by molar-refractivity contribution is 5.41. The fourth-order valence-corrected chi connectivity index (χ4v) is 1.81. The minimum atomic E-state index is 0.726. The molecule has 0 amide bonds. The molecule has 0 bridgehead atoms. The Bertz CT molecular complexity index is 493. The van der Waals surface area contributed by atoms with Crippen LogP contribution in [0.2, 0.25) is 0 Å². The zero-order chi connectivity index (χ0) is 12.8. The molecule has 0 saturated carbocycles. The van der Waals surface area contributed by atoms with Gasteiger partial charge in [0.15, 0.2) is 5.75 Å². The first-order valence-corrected chi connectivity index (χ1v) is 6.25. The van der Waals surface area contributed by atoms with E-state index in [-0.39, 0.29) is 0 Å². The topological polar surface area (TPSA) is 39.1 Å². The summed E-state index contributed by atoms with van der Waals surface area (Å²) in [6.07, 6.45) is 4.68. The summed E-state index contributed by atoms with van der Waals surface area (Å²) < 4.78 is 7.42. The minimum Gasteiger partial charge on any atom is -0.490 e. The first kappa shape index (κ1) is 12.6. The quantitative estimate of drug-likeness (QED) is 0.849. The van der Waals surface area contributed by atoms with Crippen LogP contribution in [-0.4, -0.2) is 23.4 Å². The van der Waals surface area contributed by atoms with E-state index in [0.717, 1.165) is 31.0 Å². The van der Waals surface area contributed by atoms with Gasteiger partial charge in [0.2, 0.25) is 0 Å². The fourth-order valence-electron chi connectivity index (χ4n) is 1.81. The summed E-state index contributed by atoms with van der Waals surface area (Å²) in [5.74, 6) is 0.816. The van der Waals surface area contributed by atoms with Crippen LogP contribution in [0.25, 0.3) is 5.69 Å². The summed E-state index contributed by atoms with van der Waals surface area (Å²) in [5.41, 5.74) is 2.29. The van der Waals surface area contributed by atoms with Crippen LogP contribution >= 0.6 is 0 Å². The molecule has 0 saturated heterocycles. The molecular formula is C14H19N3O. The summed E-state index contributed by atoms with van der Waals surface area (Å²) in [7, 11) is 1.94. The molecule has 0 aliphatic heterocycles. The van der Waals surface area contributed by atoms with Crippen molar-refractivity contribution >= 4 is 0 Å². The van der Waals surface area contributed by atoms with Gasteiger partial charge in [-0.2, -0.15) is 5.10 Å². The average molecular weight is 245 g/mol. The Morgan fingerprint density at radius 2 is 2.17 bits per heavy atom. The Kier molecular flexibility index (Phi) is 4.36. The van der Waals surface area contributed by atoms with Gasteiger partial charge >= 0.3 is 0 Å². The Morgan fingerprint density at radius 1 is 1.33 bits per heavy atom. The standard InChI is InChI=1S/C14H19N3O/c1-3-8-18-13-10-16-17(11-13)14-7-5-4-6-12(14)9-15-2/h4-7,10-11,15H,3,8-9H2,1-2H3. The number of para-hydroxylation sites is 1. The second-order valence-electron chi connectivity index (χ2n) is 4.13. The Balaban J connectivity index is 2.22. The van der Waals surface area contributed by atoms with E-state index < -0.39 is 0 Å². The molecule has 0 unspecified atom stereocenters. The highest BCUT2D eigenvalue weighted by Gasteiger charge is 2.05. The zero-order valence-electron chi connectivity index (χ0n) is 10.9. The third-order valence-corrected chi connectivity index (χ3v) is 2.64. The van der Waals surface area contributed by atoms with E-state index in [4.69, 9.17) is 4.74 Å². The van der Waals surface area contributed by atoms with Crippen molar-refractivity contribution in [3.63, 3.8) is 0 Å². The van der Waals surface area contributed by atoms with Gasteiger partial charge in [-0.25, -0.2) is 4.68 Å². The Morgan fingerprint density at radius 3 is 2.94 bits per heavy atom. The van der Waals surface area contributed by atoms with Gasteiger partial charge in [0.1, 0.15) is 0 Å². The molecule has 0 fully saturated rings. The zero-order valence-corrected chi connectivity index (χ0v) is 10.9. The molecule has 2 aromatic rings. The van der Waals surface area contributed by atoms with Crippen molar-refractivity contribution in [1.82, 2.24) is 15.1 Å². The first-order chi connectivity index (χ1) is 8.85. The predicted octanol–water partition coefficient (Wildman–Crippen LogP) is 2.38. The number of rotatable bonds is 6. The maximum absolute atomic E-state index is 5.56. The molecule has 1 N–H and O–H groups in total. The first-order valence-electron chi connectivity index (χ1n) is 6.25. The molecule has 0 spiro atoms. The molecule has 96 valence electrons. The molecule has 2 rings (SSSR count). The van der Waals surface area contributed by atoms with Crippen molar-refractivity contribution in [2.24, 2.45) is 0 Å². The van der Waals surface area contributed by atoms with Gasteiger partial charge in [0, 0.05) is 6.54 Å². The highest BCUT2D eigenvalue weighted by atomic mass is 16.5. The van der Waals surface area contributed by atoms with Crippen molar-refractivity contribution < 1.29 is 4.74 Å². The maximum atomic E-state index is 5.56. The van der Waals surface area contributed by atoms with Crippen molar-refractivity contribution in [3.05, 3.63) is 42.2 Å². The number of nitrogens with one attached hydrogen (secondary N) is 1. The molecule has 1 heterocycles. The van der Waals surface area contributed by atoms with Crippen molar-refractivity contribution in [3.8, 4) is 11.4 Å². The van der Waals surface area contributed by atoms with Crippen molar-refractivity contribution in [2.45, 2.75) is 19.9 Å². The SMILES string of the molecule is CCCOc1cnn(-c2ccccc2CNC)c1. The molecule has 18 heavy (non-hydrogen) atoms. The smallest absolute Gasteiger partial charge is 0.157 e. The van der Waals surface area contributed by atoms with Crippen molar-refractivity contribution in [1.29, 1.82) is 0 Å². The lowest BCUT2D eigenvalue weighted by Crippen LogP contribution is -2.09. The summed E-state index contributed by atoms with van der Waals surface area (Å²) >= 11 is 0. The molecule has 0 radical (unpaired) electrons. The Hall–Kier alpha value is -1.81. The number of hydrogen-bond acceptors (Lipinski definition) is 3. The number of benzene rings is 1. The van der Waals surface area contributed by atoms with Crippen LogP contribution in [0.1, 0.15) is 18.9 Å². The third kappa shape index (κ3) is 2.90. The molecule has 4 nitrogen and oxygen atoms in total. The summed E-state index contributed by atoms with van der Waals surface area (Å²) in [4.78, 5) is 0. The van der Waals surface area contributed by atoms with Crippen LogP contribution in [0, 0.1) is 0 Å². The van der Waals surface area contributed by atoms with Gasteiger partial charge in [-0.1, -0.05) is 25.1 Å². The fraction of sp³-hybridized carbons (Fsp3) is 0.357. The maximum Gasteiger partial charge on any atom is 0.157 e. The van der Waals surface area contributed by atoms with Crippen LogP contribution in [0.3, 0.4) is 0 Å². The minimum absolute atomic E-state index is 0.726. The van der Waals surface area contributed by atoms with Crippen LogP contribution in [0.4, 0.5) is 0 Å². The number of hydrogen-bond donors (Lipinski definition) is 1. The van der Waals surface area contributed by atoms with E-state index in [9.17, 15) is 0 Å². The molecule has 1 aromatic heterocycles. The normalized spacial score (nSPS) is 10.6. The van der Waals surface area contributed by atoms with Crippen LogP contribution in [-0.2, 0) is 6.54 Å². The number of aromatic nitrogens is 2. The van der Waals surface area contributed by atoms with E-state index in [1.54, 1.807) is 6.20 Å². The second kappa shape index (κ2) is 6.21. The van der Waals surface area contributed by atoms with E-state index in [2.05, 4.69) is 29.5 Å². The molecular weight excluding hydrogens is 226 g/mol. The van der Waals surface area contributed by atoms with Gasteiger partial charge in [-0.15, -0.1) is 0 Å². The van der Waals surface area contributed by atoms with Gasteiger partial charge in [-0.05, 0) is 25.1 Å². The largest absolute Gasteiger partial charge is 0.490 e. The highest BCUT2D eigenvalue weighted by Crippen LogP contribution is 2.17. The van der Waals surface area contributed by atoms with E-state index in [1.807, 2.05) is 30.1 Å². The lowest BCUT2D eigenvalue weighted by Gasteiger charge is -2.08. The van der Waals surface area contributed by atoms with Crippen molar-refractivity contribution in [2.75, 3.05) is 13.7 Å². The lowest BCUT2D eigenvalue weighted by molar-refractivity contribution is 0.317. The summed E-state index contributed by atoms with van der Waals surface area (Å²) in [6, 6.07) is 8.21. The molecule has 0 atom stereocenters. The van der Waals surface area contributed by atoms with Crippen LogP contribution < -0.4 is 10.1 Å². The molecule has 4 heteroatoms. The monoisotopic (exact) mass is 245 g/mol. The summed E-state index contributed by atoms with van der Waals surface area (Å²) in [6.45, 7) is 3.64. The Labute approximate surface area is 108 Å². The summed E-state index contributed by atoms with van der Waals surface area (Å²) in [5, 5.41) is 7.51. The van der Waals surface area contributed by atoms with Gasteiger partial charge in [0.05, 0.1) is 24.7 Å². The predicted molar refractivity (Wildman–Crippen MR) is 72.1 cm³/mol. The van der Waals surface area contributed by atoms with E-state index >= 15 is 0 Å². The van der Waals surface area contributed by atoms with Gasteiger partial charge in [-0.3, -0.25) is 0 Å². The number of ether oxygens (including phenoxy) is 1. The lowest BCUT2D eigenvalue weighted by atomic mass is 10.2. The van der Waals surface area contributed by atoms with Gasteiger partial charge < -0.3 is 10.1 Å². The van der Waals surface area contributed by atoms with Crippen LogP contribution in [0.5, 0.6) is 5.75 Å². The van der Waals surface area contributed by atoms with Gasteiger partial charge in [0.25, 0.3) is 0 Å². The molecule has 1 aromatic carbocycles. The average Bonchev–Trinajstić information content (AvgIpc) is 2.86. The van der Waals surface area contributed by atoms with E-state index in [0.29, 0.717) is 0 Å². The molecule has 0 aliphatic carbocycles. The number of nitrogens with zero attached hydrogens (tertiary/aromatic N) is 2. The van der Waals surface area contributed by atoms with Crippen LogP contribution in [0.15, 0.2) is 36.7 Å². The third-order valence-electron chi connectivity index (χ3n) is 2.64. The second-order valence-corrected chi connectivity index (χ2v) is 4.13. The van der Waals surface area contributed by atoms with E-state index in [1.165, 1.54) is 5.56 Å². The molecule has 0 aliphatic rings.